The Bertz CT molecular complexity index is 541. The fourth-order valence-corrected chi connectivity index (χ4v) is 2.56. The van der Waals surface area contributed by atoms with E-state index in [9.17, 15) is 9.59 Å². The second kappa shape index (κ2) is 7.84. The largest absolute Gasteiger partial charge is 0.368 e. The Morgan fingerprint density at radius 3 is 2.95 bits per heavy atom. The molecule has 0 aromatic carbocycles. The molecule has 0 aliphatic carbocycles. The van der Waals surface area contributed by atoms with E-state index < -0.39 is 5.91 Å². The SMILES string of the molecule is Cc1cc(CCC(=O)NCC(N)=O)nc([C@H]2CCCNC2)n1. The molecule has 7 nitrogen and oxygen atoms in total. The first-order chi connectivity index (χ1) is 10.5. The molecular formula is C15H23N5O2. The Balaban J connectivity index is 1.94. The van der Waals surface area contributed by atoms with Gasteiger partial charge in [0, 0.05) is 30.3 Å². The molecule has 1 aromatic rings. The number of hydrogen-bond donors (Lipinski definition) is 3. The zero-order valence-electron chi connectivity index (χ0n) is 12.9. The number of rotatable bonds is 6. The Hall–Kier alpha value is -2.02. The average Bonchev–Trinajstić information content (AvgIpc) is 2.51. The maximum absolute atomic E-state index is 11.6. The van der Waals surface area contributed by atoms with E-state index in [1.54, 1.807) is 0 Å². The van der Waals surface area contributed by atoms with Crippen molar-refractivity contribution in [2.45, 2.75) is 38.5 Å². The van der Waals surface area contributed by atoms with Crippen LogP contribution in [0.3, 0.4) is 0 Å². The van der Waals surface area contributed by atoms with E-state index in [1.165, 1.54) is 0 Å². The van der Waals surface area contributed by atoms with Crippen molar-refractivity contribution in [1.82, 2.24) is 20.6 Å². The van der Waals surface area contributed by atoms with Crippen molar-refractivity contribution in [3.63, 3.8) is 0 Å². The third-order valence-electron chi connectivity index (χ3n) is 3.65. The number of carbonyl (C=O) groups is 2. The van der Waals surface area contributed by atoms with Gasteiger partial charge in [0.15, 0.2) is 0 Å². The minimum atomic E-state index is -0.543. The quantitative estimate of drug-likeness (QED) is 0.673. The number of primary amides is 1. The summed E-state index contributed by atoms with van der Waals surface area (Å²) >= 11 is 0. The number of amides is 2. The first-order valence-electron chi connectivity index (χ1n) is 7.65. The van der Waals surface area contributed by atoms with Crippen LogP contribution in [0, 0.1) is 6.92 Å². The minimum absolute atomic E-state index is 0.124. The van der Waals surface area contributed by atoms with Gasteiger partial charge < -0.3 is 16.4 Å². The van der Waals surface area contributed by atoms with Crippen molar-refractivity contribution in [2.75, 3.05) is 19.6 Å². The van der Waals surface area contributed by atoms with Gasteiger partial charge in [0.1, 0.15) is 5.82 Å². The summed E-state index contributed by atoms with van der Waals surface area (Å²) < 4.78 is 0. The van der Waals surface area contributed by atoms with Gasteiger partial charge in [0.2, 0.25) is 11.8 Å². The number of aromatic nitrogens is 2. The Morgan fingerprint density at radius 1 is 1.45 bits per heavy atom. The summed E-state index contributed by atoms with van der Waals surface area (Å²) in [7, 11) is 0. The Kier molecular flexibility index (Phi) is 5.83. The van der Waals surface area contributed by atoms with Crippen molar-refractivity contribution in [2.24, 2.45) is 5.73 Å². The molecule has 2 rings (SSSR count). The maximum Gasteiger partial charge on any atom is 0.236 e. The molecule has 1 atom stereocenters. The van der Waals surface area contributed by atoms with E-state index in [4.69, 9.17) is 5.73 Å². The van der Waals surface area contributed by atoms with Crippen LogP contribution in [0.2, 0.25) is 0 Å². The van der Waals surface area contributed by atoms with Crippen LogP contribution < -0.4 is 16.4 Å². The van der Waals surface area contributed by atoms with Gasteiger partial charge in [-0.1, -0.05) is 0 Å². The lowest BCUT2D eigenvalue weighted by Gasteiger charge is -2.22. The summed E-state index contributed by atoms with van der Waals surface area (Å²) in [5.41, 5.74) is 6.77. The van der Waals surface area contributed by atoms with Crippen LogP contribution in [0.1, 0.15) is 42.4 Å². The molecule has 0 spiro atoms. The molecule has 22 heavy (non-hydrogen) atoms. The number of carbonyl (C=O) groups excluding carboxylic acids is 2. The third kappa shape index (κ3) is 5.07. The highest BCUT2D eigenvalue weighted by Crippen LogP contribution is 2.20. The number of hydrogen-bond acceptors (Lipinski definition) is 5. The summed E-state index contributed by atoms with van der Waals surface area (Å²) in [6, 6.07) is 1.90. The van der Waals surface area contributed by atoms with Gasteiger partial charge in [-0.2, -0.15) is 0 Å². The third-order valence-corrected chi connectivity index (χ3v) is 3.65. The summed E-state index contributed by atoms with van der Waals surface area (Å²) in [6.07, 6.45) is 3.04. The van der Waals surface area contributed by atoms with Crippen LogP contribution in [-0.2, 0) is 16.0 Å². The molecule has 1 aliphatic heterocycles. The van der Waals surface area contributed by atoms with Gasteiger partial charge in [-0.05, 0) is 38.8 Å². The zero-order valence-corrected chi connectivity index (χ0v) is 12.9. The molecule has 1 fully saturated rings. The van der Waals surface area contributed by atoms with Crippen LogP contribution in [0.5, 0.6) is 0 Å². The topological polar surface area (TPSA) is 110 Å². The molecule has 1 saturated heterocycles. The number of nitrogens with zero attached hydrogens (tertiary/aromatic N) is 2. The second-order valence-corrected chi connectivity index (χ2v) is 5.65. The van der Waals surface area contributed by atoms with E-state index in [0.29, 0.717) is 12.3 Å². The van der Waals surface area contributed by atoms with Crippen LogP contribution in [0.4, 0.5) is 0 Å². The summed E-state index contributed by atoms with van der Waals surface area (Å²) in [4.78, 5) is 31.4. The number of nitrogens with two attached hydrogens (primary N) is 1. The van der Waals surface area contributed by atoms with Crippen molar-refractivity contribution >= 4 is 11.8 Å². The van der Waals surface area contributed by atoms with Gasteiger partial charge in [0.25, 0.3) is 0 Å². The van der Waals surface area contributed by atoms with E-state index in [0.717, 1.165) is 43.1 Å². The van der Waals surface area contributed by atoms with Crippen molar-refractivity contribution in [3.8, 4) is 0 Å². The lowest BCUT2D eigenvalue weighted by atomic mass is 9.98. The molecule has 1 aliphatic rings. The lowest BCUT2D eigenvalue weighted by molar-refractivity contribution is -0.124. The van der Waals surface area contributed by atoms with Gasteiger partial charge in [0.05, 0.1) is 6.54 Å². The lowest BCUT2D eigenvalue weighted by Crippen LogP contribution is -2.33. The van der Waals surface area contributed by atoms with Crippen molar-refractivity contribution < 1.29 is 9.59 Å². The van der Waals surface area contributed by atoms with Crippen molar-refractivity contribution in [1.29, 1.82) is 0 Å². The molecule has 2 amide bonds. The first-order valence-corrected chi connectivity index (χ1v) is 7.65. The normalized spacial score (nSPS) is 18.0. The summed E-state index contributed by atoms with van der Waals surface area (Å²) in [6.45, 7) is 3.77. The first kappa shape index (κ1) is 16.4. The van der Waals surface area contributed by atoms with Crippen LogP contribution >= 0.6 is 0 Å². The standard InChI is InChI=1S/C15H23N5O2/c1-10-7-12(4-5-14(22)18-9-13(16)21)20-15(19-10)11-3-2-6-17-8-11/h7,11,17H,2-6,8-9H2,1H3,(H2,16,21)(H,18,22)/t11-/m0/s1. The highest BCUT2D eigenvalue weighted by atomic mass is 16.2. The van der Waals surface area contributed by atoms with E-state index >= 15 is 0 Å². The fraction of sp³-hybridized carbons (Fsp3) is 0.600. The molecule has 120 valence electrons. The molecule has 0 radical (unpaired) electrons. The molecular weight excluding hydrogens is 282 g/mol. The number of aryl methyl sites for hydroxylation is 2. The van der Waals surface area contributed by atoms with Gasteiger partial charge in [-0.3, -0.25) is 9.59 Å². The highest BCUT2D eigenvalue weighted by Gasteiger charge is 2.18. The molecule has 7 heteroatoms. The van der Waals surface area contributed by atoms with Crippen molar-refractivity contribution in [3.05, 3.63) is 23.3 Å². The smallest absolute Gasteiger partial charge is 0.236 e. The predicted molar refractivity (Wildman–Crippen MR) is 82.1 cm³/mol. The molecule has 4 N–H and O–H groups in total. The van der Waals surface area contributed by atoms with Gasteiger partial charge >= 0.3 is 0 Å². The Labute approximate surface area is 130 Å². The zero-order chi connectivity index (χ0) is 15.9. The van der Waals surface area contributed by atoms with E-state index in [2.05, 4.69) is 20.6 Å². The number of piperidine rings is 1. The second-order valence-electron chi connectivity index (χ2n) is 5.65. The highest BCUT2D eigenvalue weighted by molar-refractivity contribution is 5.83. The van der Waals surface area contributed by atoms with E-state index in [1.807, 2.05) is 13.0 Å². The van der Waals surface area contributed by atoms with Gasteiger partial charge in [-0.15, -0.1) is 0 Å². The monoisotopic (exact) mass is 305 g/mol. The maximum atomic E-state index is 11.6. The fourth-order valence-electron chi connectivity index (χ4n) is 2.56. The van der Waals surface area contributed by atoms with Crippen LogP contribution in [0.25, 0.3) is 0 Å². The average molecular weight is 305 g/mol. The van der Waals surface area contributed by atoms with Gasteiger partial charge in [-0.25, -0.2) is 9.97 Å². The summed E-state index contributed by atoms with van der Waals surface area (Å²) in [5, 5.41) is 5.84. The predicted octanol–water partition coefficient (Wildman–Crippen LogP) is -0.214. The molecule has 1 aromatic heterocycles. The molecule has 0 saturated carbocycles. The molecule has 0 bridgehead atoms. The molecule has 0 unspecified atom stereocenters. The van der Waals surface area contributed by atoms with Crippen LogP contribution in [-0.4, -0.2) is 41.4 Å². The minimum Gasteiger partial charge on any atom is -0.368 e. The van der Waals surface area contributed by atoms with E-state index in [-0.39, 0.29) is 18.9 Å². The molecule has 2 heterocycles. The Morgan fingerprint density at radius 2 is 2.27 bits per heavy atom. The number of nitrogens with one attached hydrogen (secondary N) is 2. The summed E-state index contributed by atoms with van der Waals surface area (Å²) in [5.74, 6) is 0.463. The van der Waals surface area contributed by atoms with Crippen LogP contribution in [0.15, 0.2) is 6.07 Å².